The summed E-state index contributed by atoms with van der Waals surface area (Å²) >= 11 is 1.63. The molecule has 1 aromatic carbocycles. The quantitative estimate of drug-likeness (QED) is 0.797. The van der Waals surface area contributed by atoms with Crippen LogP contribution in [0.2, 0.25) is 0 Å². The SMILES string of the molecule is CC1(C)[C@H](NC(=O)c2cc3cccc(N4CCOCC4)c3s2)C2CCN1CC2.Cl. The first kappa shape index (κ1) is 20.9. The van der Waals surface area contributed by atoms with E-state index in [1.54, 1.807) is 11.3 Å². The number of carbonyl (C=O) groups excluding carboxylic acids is 1. The summed E-state index contributed by atoms with van der Waals surface area (Å²) in [5.41, 5.74) is 1.26. The third kappa shape index (κ3) is 3.65. The van der Waals surface area contributed by atoms with Crippen LogP contribution in [0.3, 0.4) is 0 Å². The van der Waals surface area contributed by atoms with E-state index in [1.807, 2.05) is 0 Å². The lowest BCUT2D eigenvalue weighted by atomic mass is 9.72. The molecule has 4 aliphatic rings. The lowest BCUT2D eigenvalue weighted by Crippen LogP contribution is -2.69. The molecule has 1 N–H and O–H groups in total. The Morgan fingerprint density at radius 1 is 1.17 bits per heavy atom. The van der Waals surface area contributed by atoms with Gasteiger partial charge in [-0.25, -0.2) is 0 Å². The van der Waals surface area contributed by atoms with Gasteiger partial charge in [0.1, 0.15) is 0 Å². The molecule has 7 heteroatoms. The molecule has 0 unspecified atom stereocenters. The van der Waals surface area contributed by atoms with Gasteiger partial charge >= 0.3 is 0 Å². The summed E-state index contributed by atoms with van der Waals surface area (Å²) in [5, 5.41) is 4.57. The van der Waals surface area contributed by atoms with Gasteiger partial charge in [-0.15, -0.1) is 23.7 Å². The molecule has 1 amide bonds. The van der Waals surface area contributed by atoms with E-state index < -0.39 is 0 Å². The van der Waals surface area contributed by atoms with E-state index in [-0.39, 0.29) is 29.9 Å². The second-order valence-electron chi connectivity index (χ2n) is 8.83. The number of anilines is 1. The lowest BCUT2D eigenvalue weighted by molar-refractivity contribution is -0.0377. The Labute approximate surface area is 182 Å². The number of hydrogen-bond acceptors (Lipinski definition) is 5. The van der Waals surface area contributed by atoms with Gasteiger partial charge in [-0.1, -0.05) is 12.1 Å². The normalized spacial score (nSPS) is 28.2. The zero-order valence-corrected chi connectivity index (χ0v) is 18.8. The van der Waals surface area contributed by atoms with Crippen LogP contribution in [-0.4, -0.2) is 61.8 Å². The summed E-state index contributed by atoms with van der Waals surface area (Å²) in [5.74, 6) is 0.684. The van der Waals surface area contributed by atoms with Crippen LogP contribution < -0.4 is 10.2 Å². The van der Waals surface area contributed by atoms with Gasteiger partial charge in [0.2, 0.25) is 0 Å². The van der Waals surface area contributed by atoms with Crippen molar-refractivity contribution in [1.82, 2.24) is 10.2 Å². The first-order valence-corrected chi connectivity index (χ1v) is 11.3. The van der Waals surface area contributed by atoms with Gasteiger partial charge in [0, 0.05) is 24.7 Å². The smallest absolute Gasteiger partial charge is 0.261 e. The van der Waals surface area contributed by atoms with Crippen molar-refractivity contribution in [3.05, 3.63) is 29.1 Å². The van der Waals surface area contributed by atoms with Crippen LogP contribution in [0.5, 0.6) is 0 Å². The summed E-state index contributed by atoms with van der Waals surface area (Å²) in [4.78, 5) is 18.9. The van der Waals surface area contributed by atoms with Gasteiger partial charge in [0.25, 0.3) is 5.91 Å². The minimum absolute atomic E-state index is 0. The first-order valence-electron chi connectivity index (χ1n) is 10.5. The minimum Gasteiger partial charge on any atom is -0.378 e. The van der Waals surface area contributed by atoms with Crippen molar-refractivity contribution in [1.29, 1.82) is 0 Å². The second kappa shape index (κ2) is 8.06. The molecule has 2 aromatic rings. The molecule has 4 fully saturated rings. The molecule has 0 radical (unpaired) electrons. The van der Waals surface area contributed by atoms with Crippen LogP contribution in [0.15, 0.2) is 24.3 Å². The number of halogens is 1. The average molecular weight is 436 g/mol. The molecule has 1 aromatic heterocycles. The number of benzene rings is 1. The van der Waals surface area contributed by atoms with Crippen molar-refractivity contribution in [2.45, 2.75) is 38.3 Å². The van der Waals surface area contributed by atoms with Crippen molar-refractivity contribution in [3.8, 4) is 0 Å². The zero-order valence-electron chi connectivity index (χ0n) is 17.1. The fourth-order valence-corrected chi connectivity index (χ4v) is 6.41. The Morgan fingerprint density at radius 2 is 1.90 bits per heavy atom. The topological polar surface area (TPSA) is 44.8 Å². The van der Waals surface area contributed by atoms with Crippen molar-refractivity contribution in [3.63, 3.8) is 0 Å². The van der Waals surface area contributed by atoms with E-state index in [9.17, 15) is 4.79 Å². The van der Waals surface area contributed by atoms with Gasteiger partial charge in [-0.05, 0) is 63.2 Å². The first-order chi connectivity index (χ1) is 13.5. The standard InChI is InChI=1S/C22H29N3O2S.ClH/c1-22(2)20(15-6-8-25(22)9-7-15)23-21(26)18-14-16-4-3-5-17(19(16)28-18)24-10-12-27-13-11-24;/h3-5,14-15,20H,6-13H2,1-2H3,(H,23,26);1H/t20-;/m1./s1. The molecule has 2 bridgehead atoms. The molecule has 5 nitrogen and oxygen atoms in total. The van der Waals surface area contributed by atoms with Crippen LogP contribution >= 0.6 is 23.7 Å². The highest BCUT2D eigenvalue weighted by molar-refractivity contribution is 7.21. The predicted molar refractivity (Wildman–Crippen MR) is 122 cm³/mol. The number of amides is 1. The Bertz CT molecular complexity index is 885. The number of thiophene rings is 1. The van der Waals surface area contributed by atoms with Crippen molar-refractivity contribution in [2.75, 3.05) is 44.3 Å². The molecule has 158 valence electrons. The molecule has 6 rings (SSSR count). The Hall–Kier alpha value is -1.34. The van der Waals surface area contributed by atoms with Crippen LogP contribution in [0.4, 0.5) is 5.69 Å². The van der Waals surface area contributed by atoms with Gasteiger partial charge < -0.3 is 15.0 Å². The summed E-state index contributed by atoms with van der Waals surface area (Å²) in [7, 11) is 0. The highest BCUT2D eigenvalue weighted by Crippen LogP contribution is 2.40. The summed E-state index contributed by atoms with van der Waals surface area (Å²) in [6.45, 7) is 10.2. The van der Waals surface area contributed by atoms with Crippen molar-refractivity contribution >= 4 is 45.4 Å². The van der Waals surface area contributed by atoms with Gasteiger partial charge in [-0.2, -0.15) is 0 Å². The maximum atomic E-state index is 13.2. The number of rotatable bonds is 3. The van der Waals surface area contributed by atoms with Gasteiger partial charge in [0.15, 0.2) is 0 Å². The average Bonchev–Trinajstić information content (AvgIpc) is 3.16. The molecular weight excluding hydrogens is 406 g/mol. The third-order valence-corrected chi connectivity index (χ3v) is 8.14. The Balaban J connectivity index is 0.00000205. The minimum atomic E-state index is 0. The molecule has 1 atom stereocenters. The van der Waals surface area contributed by atoms with Crippen LogP contribution in [0, 0.1) is 5.92 Å². The number of piperidine rings is 3. The number of fused-ring (bicyclic) bond motifs is 4. The van der Waals surface area contributed by atoms with Gasteiger partial charge in [0.05, 0.1) is 28.5 Å². The monoisotopic (exact) mass is 435 g/mol. The number of carbonyl (C=O) groups is 1. The van der Waals surface area contributed by atoms with E-state index in [1.165, 1.54) is 23.2 Å². The Kier molecular flexibility index (Phi) is 5.81. The van der Waals surface area contributed by atoms with Crippen LogP contribution in [0.1, 0.15) is 36.4 Å². The van der Waals surface area contributed by atoms with Crippen molar-refractivity contribution in [2.24, 2.45) is 5.92 Å². The molecule has 0 aliphatic carbocycles. The number of morpholine rings is 1. The third-order valence-electron chi connectivity index (χ3n) is 6.97. The fourth-order valence-electron chi connectivity index (χ4n) is 5.30. The van der Waals surface area contributed by atoms with E-state index in [0.29, 0.717) is 5.92 Å². The molecule has 4 aliphatic heterocycles. The van der Waals surface area contributed by atoms with Crippen LogP contribution in [-0.2, 0) is 4.74 Å². The van der Waals surface area contributed by atoms with Crippen LogP contribution in [0.25, 0.3) is 10.1 Å². The molecular formula is C22H30ClN3O2S. The predicted octanol–water partition coefficient (Wildman–Crippen LogP) is 3.76. The molecule has 0 spiro atoms. The van der Waals surface area contributed by atoms with E-state index in [2.05, 4.69) is 53.2 Å². The molecule has 0 saturated carbocycles. The molecule has 4 saturated heterocycles. The molecule has 5 heterocycles. The number of nitrogens with one attached hydrogen (secondary N) is 1. The zero-order chi connectivity index (χ0) is 19.3. The number of ether oxygens (including phenoxy) is 1. The Morgan fingerprint density at radius 3 is 2.59 bits per heavy atom. The number of nitrogens with zero attached hydrogens (tertiary/aromatic N) is 2. The highest BCUT2D eigenvalue weighted by Gasteiger charge is 2.48. The number of hydrogen-bond donors (Lipinski definition) is 1. The van der Waals surface area contributed by atoms with Gasteiger partial charge in [-0.3, -0.25) is 9.69 Å². The summed E-state index contributed by atoms with van der Waals surface area (Å²) < 4.78 is 6.71. The van der Waals surface area contributed by atoms with E-state index in [4.69, 9.17) is 4.74 Å². The second-order valence-corrected chi connectivity index (χ2v) is 9.89. The molecule has 29 heavy (non-hydrogen) atoms. The lowest BCUT2D eigenvalue weighted by Gasteiger charge is -2.56. The maximum absolute atomic E-state index is 13.2. The highest BCUT2D eigenvalue weighted by atomic mass is 35.5. The summed E-state index contributed by atoms with van der Waals surface area (Å²) in [6, 6.07) is 8.67. The fraction of sp³-hybridized carbons (Fsp3) is 0.591. The van der Waals surface area contributed by atoms with E-state index >= 15 is 0 Å². The largest absolute Gasteiger partial charge is 0.378 e. The van der Waals surface area contributed by atoms with Crippen molar-refractivity contribution < 1.29 is 9.53 Å². The summed E-state index contributed by atoms with van der Waals surface area (Å²) in [6.07, 6.45) is 2.39. The maximum Gasteiger partial charge on any atom is 0.261 e. The van der Waals surface area contributed by atoms with E-state index in [0.717, 1.165) is 49.7 Å².